The van der Waals surface area contributed by atoms with Crippen LogP contribution in [-0.2, 0) is 4.79 Å². The molecule has 0 radical (unpaired) electrons. The molecule has 2 amide bonds. The Kier molecular flexibility index (Phi) is 4.71. The number of ether oxygens (including phenoxy) is 3. The molecule has 2 N–H and O–H groups in total. The zero-order chi connectivity index (χ0) is 16.3. The minimum atomic E-state index is -0.670. The monoisotopic (exact) mass is 310 g/mol. The molecule has 1 aliphatic rings. The van der Waals surface area contributed by atoms with Crippen LogP contribution in [0.2, 0.25) is 0 Å². The Morgan fingerprint density at radius 1 is 1.18 bits per heavy atom. The van der Waals surface area contributed by atoms with Gasteiger partial charge in [-0.25, -0.2) is 5.48 Å². The molecule has 0 saturated carbocycles. The lowest BCUT2D eigenvalue weighted by atomic mass is 10.00. The number of carbonyl (C=O) groups is 2. The number of nitrogens with one attached hydrogen (secondary N) is 1. The predicted molar refractivity (Wildman–Crippen MR) is 75.5 cm³/mol. The average molecular weight is 310 g/mol. The molecular formula is C14H18N2O6. The van der Waals surface area contributed by atoms with Gasteiger partial charge >= 0.3 is 0 Å². The van der Waals surface area contributed by atoms with Gasteiger partial charge in [-0.3, -0.25) is 14.8 Å². The smallest absolute Gasteiger partial charge is 0.266 e. The van der Waals surface area contributed by atoms with E-state index in [9.17, 15) is 9.59 Å². The van der Waals surface area contributed by atoms with Crippen molar-refractivity contribution in [2.45, 2.75) is 12.5 Å². The maximum atomic E-state index is 12.5. The Balaban J connectivity index is 2.32. The van der Waals surface area contributed by atoms with E-state index >= 15 is 0 Å². The SMILES string of the molecule is COc1cc(C(=O)N2CC[C@@H]2C(=O)NO)cc(OC)c1OC. The first kappa shape index (κ1) is 15.9. The van der Waals surface area contributed by atoms with E-state index in [4.69, 9.17) is 19.4 Å². The predicted octanol–water partition coefficient (Wildman–Crippen LogP) is 0.432. The maximum Gasteiger partial charge on any atom is 0.266 e. The van der Waals surface area contributed by atoms with Crippen molar-refractivity contribution in [2.24, 2.45) is 0 Å². The second-order valence-electron chi connectivity index (χ2n) is 4.69. The van der Waals surface area contributed by atoms with E-state index in [0.29, 0.717) is 35.8 Å². The van der Waals surface area contributed by atoms with Gasteiger partial charge in [0.05, 0.1) is 21.3 Å². The van der Waals surface area contributed by atoms with Gasteiger partial charge in [-0.05, 0) is 18.6 Å². The molecule has 1 fully saturated rings. The molecule has 0 bridgehead atoms. The van der Waals surface area contributed by atoms with E-state index < -0.39 is 11.9 Å². The fourth-order valence-corrected chi connectivity index (χ4v) is 2.35. The summed E-state index contributed by atoms with van der Waals surface area (Å²) >= 11 is 0. The molecular weight excluding hydrogens is 292 g/mol. The van der Waals surface area contributed by atoms with E-state index in [0.717, 1.165) is 0 Å². The number of hydroxylamine groups is 1. The van der Waals surface area contributed by atoms with Gasteiger partial charge in [0, 0.05) is 12.1 Å². The molecule has 120 valence electrons. The highest BCUT2D eigenvalue weighted by atomic mass is 16.5. The lowest BCUT2D eigenvalue weighted by Crippen LogP contribution is -2.57. The molecule has 8 nitrogen and oxygen atoms in total. The van der Waals surface area contributed by atoms with Crippen LogP contribution in [0.15, 0.2) is 12.1 Å². The number of rotatable bonds is 5. The molecule has 0 aliphatic carbocycles. The maximum absolute atomic E-state index is 12.5. The minimum Gasteiger partial charge on any atom is -0.493 e. The molecule has 0 spiro atoms. The van der Waals surface area contributed by atoms with Crippen LogP contribution in [-0.4, -0.2) is 55.8 Å². The van der Waals surface area contributed by atoms with Gasteiger partial charge in [0.1, 0.15) is 6.04 Å². The highest BCUT2D eigenvalue weighted by Crippen LogP contribution is 2.39. The van der Waals surface area contributed by atoms with Crippen molar-refractivity contribution in [1.29, 1.82) is 0 Å². The van der Waals surface area contributed by atoms with Crippen LogP contribution < -0.4 is 19.7 Å². The molecule has 1 aromatic carbocycles. The van der Waals surface area contributed by atoms with E-state index in [1.165, 1.54) is 38.4 Å². The first-order valence-corrected chi connectivity index (χ1v) is 6.62. The molecule has 1 heterocycles. The Bertz CT molecular complexity index is 564. The zero-order valence-electron chi connectivity index (χ0n) is 12.6. The van der Waals surface area contributed by atoms with Crippen molar-refractivity contribution in [3.8, 4) is 17.2 Å². The molecule has 1 atom stereocenters. The van der Waals surface area contributed by atoms with Crippen molar-refractivity contribution in [1.82, 2.24) is 10.4 Å². The summed E-state index contributed by atoms with van der Waals surface area (Å²) < 4.78 is 15.6. The van der Waals surface area contributed by atoms with Crippen molar-refractivity contribution < 1.29 is 29.0 Å². The van der Waals surface area contributed by atoms with Crippen LogP contribution in [0.3, 0.4) is 0 Å². The summed E-state index contributed by atoms with van der Waals surface area (Å²) in [5, 5.41) is 8.68. The fraction of sp³-hybridized carbons (Fsp3) is 0.429. The molecule has 2 rings (SSSR count). The fourth-order valence-electron chi connectivity index (χ4n) is 2.35. The summed E-state index contributed by atoms with van der Waals surface area (Å²) in [6.45, 7) is 0.438. The number of hydrogen-bond donors (Lipinski definition) is 2. The van der Waals surface area contributed by atoms with Gasteiger partial charge in [0.25, 0.3) is 11.8 Å². The molecule has 1 aromatic rings. The standard InChI is InChI=1S/C14H18N2O6/c1-20-10-6-8(7-11(21-2)12(10)22-3)14(18)16-5-4-9(16)13(17)15-19/h6-7,9,19H,4-5H2,1-3H3,(H,15,17)/t9-/m1/s1. The normalized spacial score (nSPS) is 16.5. The van der Waals surface area contributed by atoms with Crippen molar-refractivity contribution in [3.63, 3.8) is 0 Å². The molecule has 1 aliphatic heterocycles. The van der Waals surface area contributed by atoms with Crippen LogP contribution in [0.5, 0.6) is 17.2 Å². The van der Waals surface area contributed by atoms with Gasteiger partial charge < -0.3 is 19.1 Å². The zero-order valence-corrected chi connectivity index (χ0v) is 12.6. The number of nitrogens with zero attached hydrogens (tertiary/aromatic N) is 1. The largest absolute Gasteiger partial charge is 0.493 e. The second kappa shape index (κ2) is 6.52. The van der Waals surface area contributed by atoms with Gasteiger partial charge in [0.15, 0.2) is 11.5 Å². The van der Waals surface area contributed by atoms with Crippen molar-refractivity contribution in [2.75, 3.05) is 27.9 Å². The number of benzene rings is 1. The quantitative estimate of drug-likeness (QED) is 0.605. The van der Waals surface area contributed by atoms with Crippen LogP contribution in [0.25, 0.3) is 0 Å². The van der Waals surface area contributed by atoms with Crippen LogP contribution >= 0.6 is 0 Å². The molecule has 8 heteroatoms. The van der Waals surface area contributed by atoms with E-state index in [-0.39, 0.29) is 5.91 Å². The molecule has 0 unspecified atom stereocenters. The van der Waals surface area contributed by atoms with E-state index in [2.05, 4.69) is 0 Å². The third-order valence-electron chi connectivity index (χ3n) is 3.61. The summed E-state index contributed by atoms with van der Waals surface area (Å²) in [5.41, 5.74) is 1.87. The molecule has 1 saturated heterocycles. The Morgan fingerprint density at radius 3 is 2.14 bits per heavy atom. The van der Waals surface area contributed by atoms with Crippen molar-refractivity contribution in [3.05, 3.63) is 17.7 Å². The number of likely N-dealkylation sites (tertiary alicyclic amines) is 1. The highest BCUT2D eigenvalue weighted by molar-refractivity contribution is 5.99. The first-order chi connectivity index (χ1) is 10.6. The third-order valence-corrected chi connectivity index (χ3v) is 3.61. The first-order valence-electron chi connectivity index (χ1n) is 6.62. The Morgan fingerprint density at radius 2 is 1.77 bits per heavy atom. The topological polar surface area (TPSA) is 97.3 Å². The van der Waals surface area contributed by atoms with Gasteiger partial charge in [-0.15, -0.1) is 0 Å². The summed E-state index contributed by atoms with van der Waals surface area (Å²) in [4.78, 5) is 25.3. The summed E-state index contributed by atoms with van der Waals surface area (Å²) in [6.07, 6.45) is 0.503. The minimum absolute atomic E-state index is 0.310. The third kappa shape index (κ3) is 2.64. The average Bonchev–Trinajstić information content (AvgIpc) is 2.51. The lowest BCUT2D eigenvalue weighted by Gasteiger charge is -2.39. The van der Waals surface area contributed by atoms with Crippen LogP contribution in [0.1, 0.15) is 16.8 Å². The second-order valence-corrected chi connectivity index (χ2v) is 4.69. The number of carbonyl (C=O) groups excluding carboxylic acids is 2. The summed E-state index contributed by atoms with van der Waals surface area (Å²) in [7, 11) is 4.38. The van der Waals surface area contributed by atoms with Gasteiger partial charge in [0.2, 0.25) is 5.75 Å². The summed E-state index contributed by atoms with van der Waals surface area (Å²) in [6, 6.07) is 2.38. The van der Waals surface area contributed by atoms with Crippen molar-refractivity contribution >= 4 is 11.8 Å². The van der Waals surface area contributed by atoms with Gasteiger partial charge in [-0.1, -0.05) is 0 Å². The number of amides is 2. The van der Waals surface area contributed by atoms with E-state index in [1.807, 2.05) is 0 Å². The molecule has 22 heavy (non-hydrogen) atoms. The van der Waals surface area contributed by atoms with Crippen LogP contribution in [0.4, 0.5) is 0 Å². The number of methoxy groups -OCH3 is 3. The highest BCUT2D eigenvalue weighted by Gasteiger charge is 2.38. The molecule has 0 aromatic heterocycles. The van der Waals surface area contributed by atoms with Gasteiger partial charge in [-0.2, -0.15) is 0 Å². The Labute approximate surface area is 127 Å². The van der Waals surface area contributed by atoms with Crippen LogP contribution in [0, 0.1) is 0 Å². The number of hydrogen-bond acceptors (Lipinski definition) is 6. The lowest BCUT2D eigenvalue weighted by molar-refractivity contribution is -0.137. The summed E-state index contributed by atoms with van der Waals surface area (Å²) in [5.74, 6) is 0.142. The Hall–Kier alpha value is -2.48. The van der Waals surface area contributed by atoms with E-state index in [1.54, 1.807) is 5.48 Å².